The lowest BCUT2D eigenvalue weighted by Gasteiger charge is -2.35. The third-order valence-electron chi connectivity index (χ3n) is 3.15. The van der Waals surface area contributed by atoms with Gasteiger partial charge in [-0.05, 0) is 25.5 Å². The Morgan fingerprint density at radius 3 is 2.76 bits per heavy atom. The molecule has 0 fully saturated rings. The summed E-state index contributed by atoms with van der Waals surface area (Å²) in [6.45, 7) is 3.63. The summed E-state index contributed by atoms with van der Waals surface area (Å²) >= 11 is 0. The van der Waals surface area contributed by atoms with Gasteiger partial charge >= 0.3 is 5.97 Å². The first kappa shape index (κ1) is 11.4. The predicted octanol–water partition coefficient (Wildman–Crippen LogP) is 1.92. The summed E-state index contributed by atoms with van der Waals surface area (Å²) in [7, 11) is 0. The number of carboxylic acids is 1. The highest BCUT2D eigenvalue weighted by Crippen LogP contribution is 2.35. The van der Waals surface area contributed by atoms with Crippen molar-refractivity contribution in [3.8, 4) is 0 Å². The van der Waals surface area contributed by atoms with Gasteiger partial charge in [-0.1, -0.05) is 13.0 Å². The number of benzene rings is 1. The predicted molar refractivity (Wildman–Crippen MR) is 64.3 cm³/mol. The van der Waals surface area contributed by atoms with Crippen LogP contribution < -0.4 is 10.6 Å². The second-order valence-electron chi connectivity index (χ2n) is 4.30. The van der Waals surface area contributed by atoms with Crippen LogP contribution in [0.5, 0.6) is 0 Å². The molecule has 1 amide bonds. The highest BCUT2D eigenvalue weighted by atomic mass is 16.4. The third kappa shape index (κ3) is 1.73. The molecular formula is C12H14N2O3. The zero-order valence-corrected chi connectivity index (χ0v) is 9.70. The van der Waals surface area contributed by atoms with Gasteiger partial charge in [-0.2, -0.15) is 0 Å². The van der Waals surface area contributed by atoms with Crippen molar-refractivity contribution in [3.05, 3.63) is 23.8 Å². The first-order valence-corrected chi connectivity index (χ1v) is 5.44. The average Bonchev–Trinajstić information content (AvgIpc) is 2.29. The minimum atomic E-state index is -1.01. The van der Waals surface area contributed by atoms with Crippen LogP contribution in [0.25, 0.3) is 0 Å². The van der Waals surface area contributed by atoms with Crippen molar-refractivity contribution in [2.45, 2.75) is 25.8 Å². The van der Waals surface area contributed by atoms with E-state index in [0.29, 0.717) is 17.8 Å². The topological polar surface area (TPSA) is 78.4 Å². The number of carboxylic acid groups (broad SMARTS) is 1. The van der Waals surface area contributed by atoms with Crippen molar-refractivity contribution in [3.63, 3.8) is 0 Å². The van der Waals surface area contributed by atoms with Gasteiger partial charge in [-0.15, -0.1) is 0 Å². The number of carbonyl (C=O) groups is 2. The Morgan fingerprint density at radius 1 is 1.47 bits per heavy atom. The Labute approximate surface area is 98.8 Å². The number of fused-ring (bicyclic) bond motifs is 1. The maximum atomic E-state index is 11.9. The van der Waals surface area contributed by atoms with E-state index >= 15 is 0 Å². The summed E-state index contributed by atoms with van der Waals surface area (Å²) in [5.74, 6) is -1.15. The van der Waals surface area contributed by atoms with E-state index in [-0.39, 0.29) is 11.5 Å². The van der Waals surface area contributed by atoms with Crippen molar-refractivity contribution >= 4 is 23.3 Å². The van der Waals surface area contributed by atoms with E-state index in [1.54, 1.807) is 19.1 Å². The Morgan fingerprint density at radius 2 is 2.18 bits per heavy atom. The van der Waals surface area contributed by atoms with Gasteiger partial charge in [-0.25, -0.2) is 4.79 Å². The molecular weight excluding hydrogens is 220 g/mol. The molecule has 1 aliphatic rings. The number of aromatic carboxylic acids is 1. The Balaban J connectivity index is 2.54. The summed E-state index contributed by atoms with van der Waals surface area (Å²) in [6.07, 6.45) is 0.576. The molecule has 3 N–H and O–H groups in total. The second-order valence-corrected chi connectivity index (χ2v) is 4.30. The van der Waals surface area contributed by atoms with E-state index in [9.17, 15) is 9.59 Å². The third-order valence-corrected chi connectivity index (χ3v) is 3.15. The summed E-state index contributed by atoms with van der Waals surface area (Å²) < 4.78 is 0. The van der Waals surface area contributed by atoms with Crippen molar-refractivity contribution in [2.75, 3.05) is 10.6 Å². The van der Waals surface area contributed by atoms with Gasteiger partial charge in [0.05, 0.1) is 16.9 Å². The monoisotopic (exact) mass is 234 g/mol. The number of nitrogens with one attached hydrogen (secondary N) is 2. The van der Waals surface area contributed by atoms with Crippen LogP contribution >= 0.6 is 0 Å². The SMILES string of the molecule is CCC1(C)Nc2c(cccc2C(=O)O)NC1=O. The van der Waals surface area contributed by atoms with E-state index in [1.807, 2.05) is 6.92 Å². The summed E-state index contributed by atoms with van der Waals surface area (Å²) in [4.78, 5) is 23.0. The van der Waals surface area contributed by atoms with Gasteiger partial charge in [0.2, 0.25) is 5.91 Å². The molecule has 0 aromatic heterocycles. The fourth-order valence-electron chi connectivity index (χ4n) is 1.81. The number of amides is 1. The molecule has 0 saturated carbocycles. The second kappa shape index (κ2) is 3.76. The fraction of sp³-hybridized carbons (Fsp3) is 0.333. The van der Waals surface area contributed by atoms with Crippen LogP contribution in [0.1, 0.15) is 30.6 Å². The smallest absolute Gasteiger partial charge is 0.337 e. The maximum Gasteiger partial charge on any atom is 0.337 e. The molecule has 0 spiro atoms. The molecule has 17 heavy (non-hydrogen) atoms. The maximum absolute atomic E-state index is 11.9. The lowest BCUT2D eigenvalue weighted by Crippen LogP contribution is -2.50. The molecule has 5 nitrogen and oxygen atoms in total. The largest absolute Gasteiger partial charge is 0.478 e. The minimum Gasteiger partial charge on any atom is -0.478 e. The Hall–Kier alpha value is -2.04. The highest BCUT2D eigenvalue weighted by molar-refractivity contribution is 6.10. The molecule has 1 heterocycles. The van der Waals surface area contributed by atoms with Crippen molar-refractivity contribution in [1.29, 1.82) is 0 Å². The zero-order valence-electron chi connectivity index (χ0n) is 9.70. The molecule has 1 aliphatic heterocycles. The van der Waals surface area contributed by atoms with E-state index in [0.717, 1.165) is 0 Å². The van der Waals surface area contributed by atoms with Gasteiger partial charge in [-0.3, -0.25) is 4.79 Å². The average molecular weight is 234 g/mol. The quantitative estimate of drug-likeness (QED) is 0.730. The van der Waals surface area contributed by atoms with Crippen LogP contribution in [-0.4, -0.2) is 22.5 Å². The molecule has 1 aromatic rings. The standard InChI is InChI=1S/C12H14N2O3/c1-3-12(2)11(17)13-8-6-4-5-7(10(15)16)9(8)14-12/h4-6,14H,3H2,1-2H3,(H,13,17)(H,15,16). The molecule has 90 valence electrons. The van der Waals surface area contributed by atoms with Crippen molar-refractivity contribution in [2.24, 2.45) is 0 Å². The van der Waals surface area contributed by atoms with Crippen LogP contribution in [0, 0.1) is 0 Å². The van der Waals surface area contributed by atoms with E-state index in [2.05, 4.69) is 10.6 Å². The molecule has 0 radical (unpaired) electrons. The number of anilines is 2. The van der Waals surface area contributed by atoms with Crippen LogP contribution in [-0.2, 0) is 4.79 Å². The molecule has 2 rings (SSSR count). The molecule has 1 atom stereocenters. The summed E-state index contributed by atoms with van der Waals surface area (Å²) in [5, 5.41) is 14.9. The van der Waals surface area contributed by atoms with Crippen LogP contribution in [0.4, 0.5) is 11.4 Å². The first-order chi connectivity index (χ1) is 7.98. The number of hydrogen-bond donors (Lipinski definition) is 3. The van der Waals surface area contributed by atoms with Gasteiger partial charge < -0.3 is 15.7 Å². The Kier molecular flexibility index (Phi) is 2.53. The number of para-hydroxylation sites is 1. The molecule has 1 unspecified atom stereocenters. The van der Waals surface area contributed by atoms with Gasteiger partial charge in [0, 0.05) is 0 Å². The first-order valence-electron chi connectivity index (χ1n) is 5.44. The zero-order chi connectivity index (χ0) is 12.6. The number of hydrogen-bond acceptors (Lipinski definition) is 3. The lowest BCUT2D eigenvalue weighted by atomic mass is 9.93. The van der Waals surface area contributed by atoms with Gasteiger partial charge in [0.1, 0.15) is 5.54 Å². The summed E-state index contributed by atoms with van der Waals surface area (Å²) in [6, 6.07) is 4.81. The lowest BCUT2D eigenvalue weighted by molar-refractivity contribution is -0.120. The number of rotatable bonds is 2. The van der Waals surface area contributed by atoms with Crippen molar-refractivity contribution < 1.29 is 14.7 Å². The molecule has 0 bridgehead atoms. The Bertz CT molecular complexity index is 499. The van der Waals surface area contributed by atoms with E-state index in [1.165, 1.54) is 6.07 Å². The van der Waals surface area contributed by atoms with Gasteiger partial charge in [0.15, 0.2) is 0 Å². The van der Waals surface area contributed by atoms with E-state index < -0.39 is 11.5 Å². The van der Waals surface area contributed by atoms with E-state index in [4.69, 9.17) is 5.11 Å². The number of carbonyl (C=O) groups excluding carboxylic acids is 1. The van der Waals surface area contributed by atoms with Crippen LogP contribution in [0.3, 0.4) is 0 Å². The highest BCUT2D eigenvalue weighted by Gasteiger charge is 2.37. The molecule has 1 aromatic carbocycles. The molecule has 0 saturated heterocycles. The minimum absolute atomic E-state index is 0.143. The molecule has 0 aliphatic carbocycles. The molecule has 5 heteroatoms. The van der Waals surface area contributed by atoms with Crippen molar-refractivity contribution in [1.82, 2.24) is 0 Å². The summed E-state index contributed by atoms with van der Waals surface area (Å²) in [5.41, 5.74) is 0.394. The normalized spacial score (nSPS) is 22.4. The van der Waals surface area contributed by atoms with Crippen LogP contribution in [0.2, 0.25) is 0 Å². The van der Waals surface area contributed by atoms with Crippen LogP contribution in [0.15, 0.2) is 18.2 Å². The fourth-order valence-corrected chi connectivity index (χ4v) is 1.81. The van der Waals surface area contributed by atoms with Gasteiger partial charge in [0.25, 0.3) is 0 Å².